The van der Waals surface area contributed by atoms with E-state index in [9.17, 15) is 8.42 Å². The van der Waals surface area contributed by atoms with E-state index >= 15 is 0 Å². The van der Waals surface area contributed by atoms with E-state index < -0.39 is 10.0 Å². The lowest BCUT2D eigenvalue weighted by Gasteiger charge is -2.05. The van der Waals surface area contributed by atoms with Gasteiger partial charge in [0, 0.05) is 16.8 Å². The molecule has 0 aliphatic carbocycles. The van der Waals surface area contributed by atoms with Crippen LogP contribution in [-0.2, 0) is 10.0 Å². The Labute approximate surface area is 103 Å². The number of hydrogen-bond donors (Lipinski definition) is 1. The Kier molecular flexibility index (Phi) is 5.11. The molecule has 0 spiro atoms. The lowest BCUT2D eigenvalue weighted by Crippen LogP contribution is -2.25. The first-order valence-corrected chi connectivity index (χ1v) is 7.97. The summed E-state index contributed by atoms with van der Waals surface area (Å²) < 4.78 is 26.7. The Bertz CT molecular complexity index is 420. The third-order valence-corrected chi connectivity index (χ3v) is 4.27. The van der Waals surface area contributed by atoms with Crippen LogP contribution in [0.1, 0.15) is 0 Å². The predicted octanol–water partition coefficient (Wildman–Crippen LogP) is 2.09. The lowest BCUT2D eigenvalue weighted by atomic mass is 10.4. The summed E-state index contributed by atoms with van der Waals surface area (Å²) in [7, 11) is -3.35. The van der Waals surface area contributed by atoms with Crippen molar-refractivity contribution in [1.29, 1.82) is 0 Å². The van der Waals surface area contributed by atoms with Gasteiger partial charge in [-0.2, -0.15) is 11.8 Å². The van der Waals surface area contributed by atoms with E-state index in [0.29, 0.717) is 6.54 Å². The third kappa shape index (κ3) is 4.14. The zero-order chi connectivity index (χ0) is 11.3. The van der Waals surface area contributed by atoms with Gasteiger partial charge in [0.15, 0.2) is 0 Å². The van der Waals surface area contributed by atoms with Gasteiger partial charge in [-0.1, -0.05) is 22.0 Å². The maximum atomic E-state index is 11.7. The van der Waals surface area contributed by atoms with E-state index in [-0.39, 0.29) is 4.90 Å². The second-order valence-corrected chi connectivity index (χ2v) is 6.52. The summed E-state index contributed by atoms with van der Waals surface area (Å²) >= 11 is 4.84. The Morgan fingerprint density at radius 1 is 1.47 bits per heavy atom. The first kappa shape index (κ1) is 13.0. The maximum Gasteiger partial charge on any atom is 0.240 e. The molecule has 6 heteroatoms. The summed E-state index contributed by atoms with van der Waals surface area (Å²) in [5.41, 5.74) is 0. The molecule has 0 aromatic heterocycles. The molecule has 3 nitrogen and oxygen atoms in total. The van der Waals surface area contributed by atoms with Crippen LogP contribution >= 0.6 is 27.7 Å². The third-order valence-electron chi connectivity index (χ3n) is 1.70. The molecular formula is C9H12BrNO2S2. The molecule has 0 fully saturated rings. The summed E-state index contributed by atoms with van der Waals surface area (Å²) in [6.45, 7) is 0.454. The fourth-order valence-corrected chi connectivity index (χ4v) is 3.06. The van der Waals surface area contributed by atoms with Crippen LogP contribution in [0, 0.1) is 0 Å². The predicted molar refractivity (Wildman–Crippen MR) is 67.7 cm³/mol. The lowest BCUT2D eigenvalue weighted by molar-refractivity contribution is 0.584. The highest BCUT2D eigenvalue weighted by Gasteiger charge is 2.12. The number of halogens is 1. The Morgan fingerprint density at radius 3 is 2.80 bits per heavy atom. The van der Waals surface area contributed by atoms with Crippen LogP contribution in [0.15, 0.2) is 33.6 Å². The summed E-state index contributed by atoms with van der Waals surface area (Å²) in [6.07, 6.45) is 1.94. The first-order valence-electron chi connectivity index (χ1n) is 4.30. The molecule has 84 valence electrons. The number of nitrogens with one attached hydrogen (secondary N) is 1. The number of benzene rings is 1. The smallest absolute Gasteiger partial charge is 0.210 e. The fraction of sp³-hybridized carbons (Fsp3) is 0.333. The monoisotopic (exact) mass is 309 g/mol. The van der Waals surface area contributed by atoms with Crippen molar-refractivity contribution in [2.45, 2.75) is 4.90 Å². The van der Waals surface area contributed by atoms with Gasteiger partial charge in [-0.05, 0) is 24.5 Å². The largest absolute Gasteiger partial charge is 0.240 e. The SMILES string of the molecule is CSCCNS(=O)(=O)c1cccc(Br)c1. The number of sulfonamides is 1. The molecule has 0 saturated heterocycles. The van der Waals surface area contributed by atoms with Gasteiger partial charge in [-0.3, -0.25) is 0 Å². The highest BCUT2D eigenvalue weighted by molar-refractivity contribution is 9.10. The summed E-state index contributed by atoms with van der Waals surface area (Å²) in [5, 5.41) is 0. The number of thioether (sulfide) groups is 1. The van der Waals surface area contributed by atoms with Gasteiger partial charge < -0.3 is 0 Å². The highest BCUT2D eigenvalue weighted by Crippen LogP contribution is 2.15. The zero-order valence-corrected chi connectivity index (χ0v) is 11.5. The van der Waals surface area contributed by atoms with Crippen molar-refractivity contribution in [3.05, 3.63) is 28.7 Å². The maximum absolute atomic E-state index is 11.7. The quantitative estimate of drug-likeness (QED) is 0.847. The van der Waals surface area contributed by atoms with Crippen molar-refractivity contribution in [2.24, 2.45) is 0 Å². The van der Waals surface area contributed by atoms with Gasteiger partial charge in [-0.25, -0.2) is 13.1 Å². The average Bonchev–Trinajstić information content (AvgIpc) is 2.18. The minimum absolute atomic E-state index is 0.290. The van der Waals surface area contributed by atoms with E-state index in [0.717, 1.165) is 10.2 Å². The molecule has 0 atom stereocenters. The number of hydrogen-bond acceptors (Lipinski definition) is 3. The van der Waals surface area contributed by atoms with Gasteiger partial charge in [0.2, 0.25) is 10.0 Å². The van der Waals surface area contributed by atoms with Crippen LogP contribution in [0.3, 0.4) is 0 Å². The van der Waals surface area contributed by atoms with E-state index in [1.165, 1.54) is 0 Å². The molecule has 0 amide bonds. The average molecular weight is 310 g/mol. The highest BCUT2D eigenvalue weighted by atomic mass is 79.9. The van der Waals surface area contributed by atoms with Gasteiger partial charge in [0.25, 0.3) is 0 Å². The molecule has 0 heterocycles. The molecule has 0 unspecified atom stereocenters. The molecule has 0 saturated carbocycles. The molecule has 1 aromatic rings. The summed E-state index contributed by atoms with van der Waals surface area (Å²) in [4.78, 5) is 0.290. The molecule has 15 heavy (non-hydrogen) atoms. The second kappa shape index (κ2) is 5.89. The fourth-order valence-electron chi connectivity index (χ4n) is 0.996. The Hall–Kier alpha value is -0.0400. The van der Waals surface area contributed by atoms with Crippen LogP contribution in [0.4, 0.5) is 0 Å². The molecule has 0 radical (unpaired) electrons. The molecule has 1 N–H and O–H groups in total. The molecule has 0 aliphatic heterocycles. The van der Waals surface area contributed by atoms with Crippen molar-refractivity contribution < 1.29 is 8.42 Å². The molecular weight excluding hydrogens is 298 g/mol. The van der Waals surface area contributed by atoms with Crippen molar-refractivity contribution in [3.63, 3.8) is 0 Å². The standard InChI is InChI=1S/C9H12BrNO2S2/c1-14-6-5-11-15(12,13)9-4-2-3-8(10)7-9/h2-4,7,11H,5-6H2,1H3. The van der Waals surface area contributed by atoms with Gasteiger partial charge in [-0.15, -0.1) is 0 Å². The Morgan fingerprint density at radius 2 is 2.20 bits per heavy atom. The zero-order valence-electron chi connectivity index (χ0n) is 8.23. The minimum Gasteiger partial charge on any atom is -0.210 e. The van der Waals surface area contributed by atoms with E-state index in [1.807, 2.05) is 6.26 Å². The molecule has 0 aliphatic rings. The Balaban J connectivity index is 2.77. The topological polar surface area (TPSA) is 46.2 Å². The summed E-state index contributed by atoms with van der Waals surface area (Å²) in [5.74, 6) is 0.771. The van der Waals surface area contributed by atoms with Gasteiger partial charge >= 0.3 is 0 Å². The van der Waals surface area contributed by atoms with Crippen LogP contribution in [0.5, 0.6) is 0 Å². The van der Waals surface area contributed by atoms with E-state index in [1.54, 1.807) is 36.0 Å². The minimum atomic E-state index is -3.35. The van der Waals surface area contributed by atoms with Crippen molar-refractivity contribution in [1.82, 2.24) is 4.72 Å². The normalized spacial score (nSPS) is 11.6. The molecule has 0 bridgehead atoms. The van der Waals surface area contributed by atoms with Gasteiger partial charge in [0.05, 0.1) is 4.90 Å². The van der Waals surface area contributed by atoms with E-state index in [2.05, 4.69) is 20.7 Å². The first-order chi connectivity index (χ1) is 7.06. The number of rotatable bonds is 5. The van der Waals surface area contributed by atoms with Crippen molar-refractivity contribution >= 4 is 37.7 Å². The van der Waals surface area contributed by atoms with Crippen molar-refractivity contribution in [3.8, 4) is 0 Å². The van der Waals surface area contributed by atoms with Crippen LogP contribution < -0.4 is 4.72 Å². The van der Waals surface area contributed by atoms with Crippen LogP contribution in [0.2, 0.25) is 0 Å². The van der Waals surface area contributed by atoms with Crippen LogP contribution in [-0.4, -0.2) is 27.0 Å². The van der Waals surface area contributed by atoms with E-state index in [4.69, 9.17) is 0 Å². The second-order valence-electron chi connectivity index (χ2n) is 2.85. The summed E-state index contributed by atoms with van der Waals surface area (Å²) in [6, 6.07) is 6.65. The van der Waals surface area contributed by atoms with Crippen LogP contribution in [0.25, 0.3) is 0 Å². The molecule has 1 aromatic carbocycles. The van der Waals surface area contributed by atoms with Crippen molar-refractivity contribution in [2.75, 3.05) is 18.6 Å². The van der Waals surface area contributed by atoms with Gasteiger partial charge in [0.1, 0.15) is 0 Å². The molecule has 1 rings (SSSR count).